The van der Waals surface area contributed by atoms with Gasteiger partial charge in [-0.1, -0.05) is 61.6 Å². The Bertz CT molecular complexity index is 1350. The van der Waals surface area contributed by atoms with Gasteiger partial charge in [0.2, 0.25) is 5.75 Å². The molecule has 0 unspecified atom stereocenters. The number of fused-ring (bicyclic) bond motifs is 1. The first-order valence-electron chi connectivity index (χ1n) is 13.5. The Kier molecular flexibility index (Phi) is 10.8. The molecule has 0 atom stereocenters. The lowest BCUT2D eigenvalue weighted by Gasteiger charge is -2.17. The highest BCUT2D eigenvalue weighted by Crippen LogP contribution is 2.34. The summed E-state index contributed by atoms with van der Waals surface area (Å²) in [7, 11) is 0. The van der Waals surface area contributed by atoms with E-state index in [9.17, 15) is 14.7 Å². The molecule has 2 aromatic carbocycles. The minimum atomic E-state index is -0.486. The van der Waals surface area contributed by atoms with Gasteiger partial charge < -0.3 is 19.7 Å². The van der Waals surface area contributed by atoms with Crippen molar-refractivity contribution in [3.8, 4) is 11.5 Å². The molecule has 3 rings (SSSR count). The smallest absolute Gasteiger partial charge is 0.297 e. The lowest BCUT2D eigenvalue weighted by Crippen LogP contribution is -2.22. The molecule has 0 radical (unpaired) electrons. The number of unbranched alkanes of at least 4 members (excludes halogenated alkanes) is 3. The molecule has 0 aliphatic carbocycles. The average Bonchev–Trinajstić information content (AvgIpc) is 2.90. The van der Waals surface area contributed by atoms with Crippen molar-refractivity contribution in [2.24, 2.45) is 0 Å². The molecule has 6 nitrogen and oxygen atoms in total. The average molecular weight is 517 g/mol. The highest BCUT2D eigenvalue weighted by molar-refractivity contribution is 6.05. The maximum absolute atomic E-state index is 13.2. The standard InChI is InChI=1S/C32H40N2O4/c1-5-6-7-11-20-34-28-22-26(33-31(36)25-15-9-8-10-16-25)17-18-27(28)30(29(35)32(34)37)38-21-19-24(4)14-12-13-23(2)3/h8-10,13,15-19,22,35H,5-7,11-12,14,20-21H2,1-4H3,(H,33,36)/b24-19+. The summed E-state index contributed by atoms with van der Waals surface area (Å²) in [5.41, 5.74) is 3.72. The van der Waals surface area contributed by atoms with Gasteiger partial charge in [0.05, 0.1) is 5.52 Å². The fourth-order valence-corrected chi connectivity index (χ4v) is 4.30. The largest absolute Gasteiger partial charge is 0.500 e. The predicted octanol–water partition coefficient (Wildman–Crippen LogP) is 7.61. The molecule has 3 aromatic rings. The van der Waals surface area contributed by atoms with Crippen molar-refractivity contribution in [1.82, 2.24) is 4.57 Å². The summed E-state index contributed by atoms with van der Waals surface area (Å²) in [5, 5.41) is 14.4. The zero-order valence-electron chi connectivity index (χ0n) is 23.0. The molecule has 0 spiro atoms. The minimum Gasteiger partial charge on any atom is -0.500 e. The van der Waals surface area contributed by atoms with E-state index in [0.29, 0.717) is 28.7 Å². The van der Waals surface area contributed by atoms with Crippen LogP contribution < -0.4 is 15.6 Å². The number of pyridine rings is 1. The van der Waals surface area contributed by atoms with Crippen LogP contribution in [0.25, 0.3) is 10.9 Å². The number of amides is 1. The molecule has 0 fully saturated rings. The summed E-state index contributed by atoms with van der Waals surface area (Å²) in [6.45, 7) is 9.08. The Morgan fingerprint density at radius 2 is 1.79 bits per heavy atom. The second kappa shape index (κ2) is 14.2. The molecular formula is C32H40N2O4. The fourth-order valence-electron chi connectivity index (χ4n) is 4.30. The molecule has 0 aliphatic heterocycles. The number of aromatic hydroxyl groups is 1. The molecule has 0 aliphatic rings. The normalized spacial score (nSPS) is 11.4. The number of nitrogens with zero attached hydrogens (tertiary/aromatic N) is 1. The number of anilines is 1. The Morgan fingerprint density at radius 3 is 2.50 bits per heavy atom. The number of hydrogen-bond donors (Lipinski definition) is 2. The second-order valence-corrected chi connectivity index (χ2v) is 9.93. The molecule has 1 amide bonds. The lowest BCUT2D eigenvalue weighted by atomic mass is 10.1. The van der Waals surface area contributed by atoms with Crippen LogP contribution in [0.2, 0.25) is 0 Å². The minimum absolute atomic E-state index is 0.170. The number of carbonyl (C=O) groups is 1. The van der Waals surface area contributed by atoms with E-state index >= 15 is 0 Å². The van der Waals surface area contributed by atoms with Crippen molar-refractivity contribution in [2.45, 2.75) is 72.8 Å². The molecule has 202 valence electrons. The van der Waals surface area contributed by atoms with Gasteiger partial charge in [0.1, 0.15) is 6.61 Å². The highest BCUT2D eigenvalue weighted by atomic mass is 16.5. The molecule has 0 bridgehead atoms. The summed E-state index contributed by atoms with van der Waals surface area (Å²) in [4.78, 5) is 26.0. The summed E-state index contributed by atoms with van der Waals surface area (Å²) in [5.74, 6) is -0.445. The first-order chi connectivity index (χ1) is 18.3. The molecule has 1 heterocycles. The Hall–Kier alpha value is -3.80. The molecular weight excluding hydrogens is 476 g/mol. The van der Waals surface area contributed by atoms with E-state index in [1.165, 1.54) is 11.1 Å². The number of benzene rings is 2. The van der Waals surface area contributed by atoms with Gasteiger partial charge in [0.25, 0.3) is 11.5 Å². The van der Waals surface area contributed by atoms with Crippen molar-refractivity contribution in [2.75, 3.05) is 11.9 Å². The van der Waals surface area contributed by atoms with Crippen LogP contribution in [-0.4, -0.2) is 22.2 Å². The third kappa shape index (κ3) is 7.85. The van der Waals surface area contributed by atoms with Crippen molar-refractivity contribution in [3.63, 3.8) is 0 Å². The zero-order chi connectivity index (χ0) is 27.5. The van der Waals surface area contributed by atoms with Crippen LogP contribution in [0.5, 0.6) is 11.5 Å². The van der Waals surface area contributed by atoms with E-state index in [0.717, 1.165) is 38.5 Å². The summed E-state index contributed by atoms with van der Waals surface area (Å²) in [6, 6.07) is 14.3. The number of aryl methyl sites for hydroxylation is 1. The quantitative estimate of drug-likeness (QED) is 0.181. The van der Waals surface area contributed by atoms with Crippen LogP contribution in [0.15, 0.2) is 76.6 Å². The summed E-state index contributed by atoms with van der Waals surface area (Å²) in [6.07, 6.45) is 10.0. The maximum Gasteiger partial charge on any atom is 0.297 e. The molecule has 1 aromatic heterocycles. The van der Waals surface area contributed by atoms with Gasteiger partial charge in [0.15, 0.2) is 5.75 Å². The van der Waals surface area contributed by atoms with Crippen molar-refractivity contribution in [1.29, 1.82) is 0 Å². The van der Waals surface area contributed by atoms with Gasteiger partial charge in [-0.05, 0) is 76.4 Å². The number of aromatic nitrogens is 1. The molecule has 0 saturated carbocycles. The Balaban J connectivity index is 1.93. The molecule has 6 heteroatoms. The molecule has 2 N–H and O–H groups in total. The Labute approximate surface area is 225 Å². The summed E-state index contributed by atoms with van der Waals surface area (Å²) >= 11 is 0. The van der Waals surface area contributed by atoms with Crippen molar-refractivity contribution >= 4 is 22.5 Å². The third-order valence-electron chi connectivity index (χ3n) is 6.48. The van der Waals surface area contributed by atoms with E-state index in [2.05, 4.69) is 39.1 Å². The van der Waals surface area contributed by atoms with Crippen molar-refractivity contribution < 1.29 is 14.6 Å². The van der Waals surface area contributed by atoms with Gasteiger partial charge in [-0.15, -0.1) is 0 Å². The molecule has 38 heavy (non-hydrogen) atoms. The molecule has 0 saturated heterocycles. The van der Waals surface area contributed by atoms with Gasteiger partial charge in [-0.2, -0.15) is 0 Å². The number of nitrogens with one attached hydrogen (secondary N) is 1. The van der Waals surface area contributed by atoms with Crippen LogP contribution in [-0.2, 0) is 6.54 Å². The van der Waals surface area contributed by atoms with Crippen LogP contribution in [0.4, 0.5) is 5.69 Å². The van der Waals surface area contributed by atoms with Crippen LogP contribution >= 0.6 is 0 Å². The van der Waals surface area contributed by atoms with E-state index in [1.807, 2.05) is 24.3 Å². The van der Waals surface area contributed by atoms with E-state index in [4.69, 9.17) is 4.74 Å². The highest BCUT2D eigenvalue weighted by Gasteiger charge is 2.18. The lowest BCUT2D eigenvalue weighted by molar-refractivity contribution is 0.102. The van der Waals surface area contributed by atoms with Gasteiger partial charge in [0, 0.05) is 23.2 Å². The third-order valence-corrected chi connectivity index (χ3v) is 6.48. The van der Waals surface area contributed by atoms with Crippen LogP contribution in [0.3, 0.4) is 0 Å². The summed E-state index contributed by atoms with van der Waals surface area (Å²) < 4.78 is 7.56. The number of carbonyl (C=O) groups excluding carboxylic acids is 1. The fraction of sp³-hybridized carbons (Fsp3) is 0.375. The zero-order valence-corrected chi connectivity index (χ0v) is 23.0. The van der Waals surface area contributed by atoms with Crippen LogP contribution in [0, 0.1) is 0 Å². The SMILES string of the molecule is CCCCCCn1c(=O)c(O)c(OC/C=C(\C)CCC=C(C)C)c2ccc(NC(=O)c3ccccc3)cc21. The van der Waals surface area contributed by atoms with E-state index in [-0.39, 0.29) is 24.0 Å². The number of rotatable bonds is 13. The van der Waals surface area contributed by atoms with Gasteiger partial charge >= 0.3 is 0 Å². The first-order valence-corrected chi connectivity index (χ1v) is 13.5. The maximum atomic E-state index is 13.2. The van der Waals surface area contributed by atoms with Crippen LogP contribution in [0.1, 0.15) is 76.6 Å². The second-order valence-electron chi connectivity index (χ2n) is 9.93. The first kappa shape index (κ1) is 28.8. The number of allylic oxidation sites excluding steroid dienone is 3. The van der Waals surface area contributed by atoms with Gasteiger partial charge in [-0.25, -0.2) is 0 Å². The van der Waals surface area contributed by atoms with E-state index < -0.39 is 5.56 Å². The topological polar surface area (TPSA) is 80.6 Å². The van der Waals surface area contributed by atoms with Gasteiger partial charge in [-0.3, -0.25) is 9.59 Å². The number of ether oxygens (including phenoxy) is 1. The number of hydrogen-bond acceptors (Lipinski definition) is 4. The van der Waals surface area contributed by atoms with E-state index in [1.54, 1.807) is 34.9 Å². The van der Waals surface area contributed by atoms with Crippen molar-refractivity contribution in [3.05, 3.63) is 87.7 Å². The predicted molar refractivity (Wildman–Crippen MR) is 156 cm³/mol. The monoisotopic (exact) mass is 516 g/mol. The Morgan fingerprint density at radius 1 is 1.03 bits per heavy atom.